The maximum absolute atomic E-state index is 2.39. The van der Waals surface area contributed by atoms with Gasteiger partial charge < -0.3 is 18.3 Å². The summed E-state index contributed by atoms with van der Waals surface area (Å²) >= 11 is 0. The number of benzene rings is 6. The van der Waals surface area contributed by atoms with E-state index >= 15 is 0 Å². The van der Waals surface area contributed by atoms with Gasteiger partial charge in [-0.05, 0) is 156 Å². The third kappa shape index (κ3) is 17.6. The maximum Gasteiger partial charge on any atom is 0.332 e. The molecule has 352 valence electrons. The van der Waals surface area contributed by atoms with Crippen LogP contribution in [0.1, 0.15) is 83.1 Å². The Hall–Kier alpha value is -3.38. The predicted octanol–water partition coefficient (Wildman–Crippen LogP) is 10.8. The van der Waals surface area contributed by atoms with Gasteiger partial charge in [0.2, 0.25) is 0 Å². The largest absolute Gasteiger partial charge is 0.380 e. The zero-order chi connectivity index (χ0) is 46.4. The molecule has 0 saturated carbocycles. The molecule has 6 aromatic carbocycles. The zero-order valence-corrected chi connectivity index (χ0v) is 48.2. The zero-order valence-electron chi connectivity index (χ0n) is 41.1. The van der Waals surface area contributed by atoms with Gasteiger partial charge in [-0.15, -0.1) is 0 Å². The van der Waals surface area contributed by atoms with Crippen LogP contribution in [-0.2, 0) is 40.8 Å². The molecule has 0 aliphatic carbocycles. The van der Waals surface area contributed by atoms with Crippen molar-refractivity contribution in [3.8, 4) is 0 Å². The van der Waals surface area contributed by atoms with Crippen LogP contribution in [0, 0.1) is 0 Å². The fourth-order valence-electron chi connectivity index (χ4n) is 6.76. The summed E-state index contributed by atoms with van der Waals surface area (Å²) in [6.07, 6.45) is 8.79. The summed E-state index contributed by atoms with van der Waals surface area (Å²) in [5.41, 5.74) is 0.980. The number of nitrogens with zero attached hydrogens (tertiary/aromatic N) is 4. The molecule has 0 aromatic heterocycles. The van der Waals surface area contributed by atoms with Gasteiger partial charge >= 0.3 is 19.7 Å². The molecule has 0 spiro atoms. The van der Waals surface area contributed by atoms with E-state index < -0.39 is 15.8 Å². The Bertz CT molecular complexity index is 1900. The number of rotatable bonds is 6. The first-order valence-electron chi connectivity index (χ1n) is 22.5. The minimum atomic E-state index is -0.877. The van der Waals surface area contributed by atoms with Crippen molar-refractivity contribution in [2.75, 3.05) is 0 Å². The minimum Gasteiger partial charge on any atom is -0.380 e. The smallest absolute Gasteiger partial charge is 0.332 e. The third-order valence-electron chi connectivity index (χ3n) is 10.4. The van der Waals surface area contributed by atoms with Crippen LogP contribution in [0.4, 0.5) is 0 Å². The van der Waals surface area contributed by atoms with Gasteiger partial charge in [0.15, 0.2) is 0 Å². The summed E-state index contributed by atoms with van der Waals surface area (Å²) in [5, 5.41) is 8.61. The van der Waals surface area contributed by atoms with Crippen molar-refractivity contribution in [2.24, 2.45) is 0 Å². The molecule has 0 saturated heterocycles. The number of hydrogen-bond donors (Lipinski definition) is 0. The molecule has 66 heavy (non-hydrogen) atoms. The van der Waals surface area contributed by atoms with Crippen LogP contribution in [-0.4, -0.2) is 60.1 Å². The van der Waals surface area contributed by atoms with E-state index in [0.29, 0.717) is 0 Å². The molecule has 0 atom stereocenters. The average Bonchev–Trinajstić information content (AvgIpc) is 4.01. The average molecular weight is 1130 g/mol. The van der Waals surface area contributed by atoms with Crippen LogP contribution >= 0.6 is 15.8 Å². The normalized spacial score (nSPS) is 13.4. The summed E-state index contributed by atoms with van der Waals surface area (Å²) in [5.74, 6) is 0. The predicted molar refractivity (Wildman–Crippen MR) is 289 cm³/mol. The Morgan fingerprint density at radius 2 is 0.394 bits per heavy atom. The second-order valence-corrected chi connectivity index (χ2v) is 27.2. The van der Waals surface area contributed by atoms with Crippen LogP contribution in [0.25, 0.3) is 0 Å². The van der Waals surface area contributed by atoms with E-state index in [1.165, 1.54) is 31.8 Å². The van der Waals surface area contributed by atoms with Crippen molar-refractivity contribution in [3.05, 3.63) is 207 Å². The van der Waals surface area contributed by atoms with Crippen molar-refractivity contribution < 1.29 is 40.8 Å². The molecular formula is C56H72N4P2Pd2Si2+2. The van der Waals surface area contributed by atoms with E-state index in [2.05, 4.69) is 308 Å². The summed E-state index contributed by atoms with van der Waals surface area (Å²) in [7, 11) is -0.256. The van der Waals surface area contributed by atoms with Gasteiger partial charge in [0.05, 0.1) is 15.8 Å². The molecule has 0 bridgehead atoms. The van der Waals surface area contributed by atoms with Gasteiger partial charge in [-0.2, -0.15) is 0 Å². The first-order chi connectivity index (χ1) is 30.3. The van der Waals surface area contributed by atoms with Crippen molar-refractivity contribution in [3.63, 3.8) is 0 Å². The molecule has 2 aliphatic rings. The molecule has 8 rings (SSSR count). The minimum absolute atomic E-state index is 0. The fourth-order valence-corrected chi connectivity index (χ4v) is 14.1. The van der Waals surface area contributed by atoms with Gasteiger partial charge in [0.1, 0.15) is 31.8 Å². The number of hydrogen-bond acceptors (Lipinski definition) is 4. The van der Waals surface area contributed by atoms with E-state index in [-0.39, 0.29) is 63.0 Å². The molecule has 2 heterocycles. The maximum atomic E-state index is 2.39. The van der Waals surface area contributed by atoms with Crippen LogP contribution in [0.5, 0.6) is 0 Å². The third-order valence-corrected chi connectivity index (χ3v) is 20.0. The van der Waals surface area contributed by atoms with Gasteiger partial charge in [-0.25, -0.2) is 0 Å². The second-order valence-electron chi connectivity index (χ2n) is 19.9. The quantitative estimate of drug-likeness (QED) is 0.122. The van der Waals surface area contributed by atoms with Crippen molar-refractivity contribution in [1.29, 1.82) is 0 Å². The second kappa shape index (κ2) is 26.4. The monoisotopic (exact) mass is 1130 g/mol. The van der Waals surface area contributed by atoms with Crippen LogP contribution < -0.4 is 31.8 Å². The standard InChI is InChI=1S/2C18H15P.2C10H20N2Si.2Pd/c2*1-4-10-16(11-5-1)19(17-12-6-2-7-13-17)18-14-8-3-9-15-18;2*1-9(2,3)11-7-8-12(13-11)10(4,5)6;;/h2*1-15H;2*7-8H,1-6H3;;/p+2. The Labute approximate surface area is 435 Å². The molecule has 0 unspecified atom stereocenters. The first kappa shape index (κ1) is 56.9. The Kier molecular flexibility index (Phi) is 22.8. The Balaban J connectivity index is 0.000000235. The molecular weight excluding hydrogens is 1060 g/mol. The van der Waals surface area contributed by atoms with Crippen LogP contribution in [0.2, 0.25) is 0 Å². The molecule has 10 heteroatoms. The van der Waals surface area contributed by atoms with Crippen LogP contribution in [0.15, 0.2) is 207 Å². The van der Waals surface area contributed by atoms with Gasteiger partial charge in [-0.3, -0.25) is 0 Å². The van der Waals surface area contributed by atoms with E-state index in [1.54, 1.807) is 0 Å². The van der Waals surface area contributed by atoms with Gasteiger partial charge in [0.25, 0.3) is 0 Å². The molecule has 0 fully saturated rings. The molecule has 6 aromatic rings. The van der Waals surface area contributed by atoms with Crippen molar-refractivity contribution >= 4 is 67.4 Å². The summed E-state index contributed by atoms with van der Waals surface area (Å²) in [6, 6.07) is 65.0. The Morgan fingerprint density at radius 3 is 0.500 bits per heavy atom. The summed E-state index contributed by atoms with van der Waals surface area (Å²) in [4.78, 5) is 0. The molecule has 0 N–H and O–H groups in total. The van der Waals surface area contributed by atoms with E-state index in [1.807, 2.05) is 0 Å². The molecule has 4 radical (unpaired) electrons. The fraction of sp³-hybridized carbons (Fsp3) is 0.286. The summed E-state index contributed by atoms with van der Waals surface area (Å²) in [6.45, 7) is 27.0. The Morgan fingerprint density at radius 1 is 0.258 bits per heavy atom. The van der Waals surface area contributed by atoms with Crippen molar-refractivity contribution in [2.45, 2.75) is 105 Å². The SMILES string of the molecule is CC(C)(C)N1C=CN(C(C)(C)C)[Si]1.CC(C)(C)N1C=CN(C(C)(C)C)[Si]1.[Pd].[Pd].c1ccc([PH+](c2ccccc2)c2ccccc2)cc1.c1ccc([PH+](c2ccccc2)c2ccccc2)cc1. The van der Waals surface area contributed by atoms with E-state index in [0.717, 1.165) is 19.7 Å². The molecule has 4 nitrogen and oxygen atoms in total. The van der Waals surface area contributed by atoms with E-state index in [9.17, 15) is 0 Å². The topological polar surface area (TPSA) is 13.0 Å². The van der Waals surface area contributed by atoms with Gasteiger partial charge in [-0.1, -0.05) is 109 Å². The summed E-state index contributed by atoms with van der Waals surface area (Å²) < 4.78 is 9.55. The first-order valence-corrected chi connectivity index (χ1v) is 27.2. The van der Waals surface area contributed by atoms with Gasteiger partial charge in [0, 0.05) is 87.8 Å². The van der Waals surface area contributed by atoms with Crippen molar-refractivity contribution in [1.82, 2.24) is 18.3 Å². The molecule has 0 amide bonds. The molecule has 2 aliphatic heterocycles. The van der Waals surface area contributed by atoms with E-state index in [4.69, 9.17) is 0 Å². The van der Waals surface area contributed by atoms with Crippen LogP contribution in [0.3, 0.4) is 0 Å².